The molecule has 1 saturated carbocycles. The summed E-state index contributed by atoms with van der Waals surface area (Å²) >= 11 is 0. The third-order valence-electron chi connectivity index (χ3n) is 3.33. The van der Waals surface area contributed by atoms with Crippen LogP contribution < -0.4 is 0 Å². The van der Waals surface area contributed by atoms with E-state index in [4.69, 9.17) is 4.74 Å². The number of hydrogen-bond acceptors (Lipinski definition) is 3. The molecule has 3 heteroatoms. The summed E-state index contributed by atoms with van der Waals surface area (Å²) in [5.41, 5.74) is 0.848. The lowest BCUT2D eigenvalue weighted by molar-refractivity contribution is -0.143. The predicted molar refractivity (Wildman–Crippen MR) is 61.0 cm³/mol. The topological polar surface area (TPSA) is 39.2 Å². The third-order valence-corrected chi connectivity index (χ3v) is 3.33. The van der Waals surface area contributed by atoms with Gasteiger partial charge in [-0.15, -0.1) is 0 Å². The van der Waals surface area contributed by atoms with Crippen molar-refractivity contribution in [3.63, 3.8) is 0 Å². The molecule has 0 bridgehead atoms. The first-order valence-electron chi connectivity index (χ1n) is 5.81. The number of aromatic nitrogens is 1. The highest BCUT2D eigenvalue weighted by atomic mass is 16.5. The summed E-state index contributed by atoms with van der Waals surface area (Å²) < 4.78 is 4.90. The molecule has 0 spiro atoms. The van der Waals surface area contributed by atoms with Crippen LogP contribution in [0.2, 0.25) is 0 Å². The largest absolute Gasteiger partial charge is 0.468 e. The molecule has 1 atom stereocenters. The Kier molecular flexibility index (Phi) is 3.54. The monoisotopic (exact) mass is 219 g/mol. The highest BCUT2D eigenvalue weighted by Gasteiger charge is 2.33. The van der Waals surface area contributed by atoms with E-state index < -0.39 is 0 Å². The fraction of sp³-hybridized carbons (Fsp3) is 0.538. The van der Waals surface area contributed by atoms with Crippen LogP contribution in [0.3, 0.4) is 0 Å². The smallest absolute Gasteiger partial charge is 0.315 e. The zero-order chi connectivity index (χ0) is 11.4. The molecular formula is C13H17NO2. The van der Waals surface area contributed by atoms with E-state index >= 15 is 0 Å². The molecule has 1 aromatic heterocycles. The van der Waals surface area contributed by atoms with Gasteiger partial charge >= 0.3 is 5.97 Å². The van der Waals surface area contributed by atoms with E-state index in [1.807, 2.05) is 18.2 Å². The summed E-state index contributed by atoms with van der Waals surface area (Å²) in [6.07, 6.45) is 6.38. The number of ether oxygens (including phenoxy) is 1. The second kappa shape index (κ2) is 5.10. The Morgan fingerprint density at radius 1 is 1.44 bits per heavy atom. The van der Waals surface area contributed by atoms with Crippen molar-refractivity contribution in [2.24, 2.45) is 5.92 Å². The number of pyridine rings is 1. The van der Waals surface area contributed by atoms with Crippen LogP contribution in [-0.4, -0.2) is 18.1 Å². The number of methoxy groups -OCH3 is 1. The van der Waals surface area contributed by atoms with E-state index in [0.717, 1.165) is 18.5 Å². The predicted octanol–water partition coefficient (Wildman–Crippen LogP) is 2.53. The van der Waals surface area contributed by atoms with Gasteiger partial charge in [0.25, 0.3) is 0 Å². The van der Waals surface area contributed by atoms with Gasteiger partial charge < -0.3 is 4.74 Å². The van der Waals surface area contributed by atoms with Crippen LogP contribution in [0.15, 0.2) is 24.4 Å². The van der Waals surface area contributed by atoms with Crippen molar-refractivity contribution in [1.82, 2.24) is 4.98 Å². The molecule has 16 heavy (non-hydrogen) atoms. The lowest BCUT2D eigenvalue weighted by atomic mass is 9.88. The van der Waals surface area contributed by atoms with Gasteiger partial charge in [-0.1, -0.05) is 18.9 Å². The average molecular weight is 219 g/mol. The molecule has 0 aromatic carbocycles. The Bertz CT molecular complexity index is 344. The fourth-order valence-electron chi connectivity index (χ4n) is 2.53. The number of rotatable bonds is 3. The van der Waals surface area contributed by atoms with Crippen LogP contribution in [0.4, 0.5) is 0 Å². The molecule has 3 nitrogen and oxygen atoms in total. The van der Waals surface area contributed by atoms with E-state index in [0.29, 0.717) is 5.92 Å². The Morgan fingerprint density at radius 2 is 2.19 bits per heavy atom. The summed E-state index contributed by atoms with van der Waals surface area (Å²) in [5, 5.41) is 0. The van der Waals surface area contributed by atoms with Gasteiger partial charge in [-0.25, -0.2) is 0 Å². The Hall–Kier alpha value is -1.38. The van der Waals surface area contributed by atoms with Crippen LogP contribution in [0.25, 0.3) is 0 Å². The minimum atomic E-state index is -0.173. The number of carbonyl (C=O) groups is 1. The van der Waals surface area contributed by atoms with Crippen LogP contribution in [0.1, 0.15) is 37.3 Å². The van der Waals surface area contributed by atoms with Crippen LogP contribution >= 0.6 is 0 Å². The molecule has 0 amide bonds. The first-order valence-corrected chi connectivity index (χ1v) is 5.81. The molecular weight excluding hydrogens is 202 g/mol. The van der Waals surface area contributed by atoms with Crippen molar-refractivity contribution in [3.8, 4) is 0 Å². The van der Waals surface area contributed by atoms with Gasteiger partial charge in [0.05, 0.1) is 12.8 Å². The number of nitrogens with zero attached hydrogens (tertiary/aromatic N) is 1. The Balaban J connectivity index is 2.24. The summed E-state index contributed by atoms with van der Waals surface area (Å²) in [5.74, 6) is 0.0849. The van der Waals surface area contributed by atoms with E-state index in [-0.39, 0.29) is 11.9 Å². The van der Waals surface area contributed by atoms with Crippen molar-refractivity contribution in [2.45, 2.75) is 31.6 Å². The number of carbonyl (C=O) groups excluding carboxylic acids is 1. The van der Waals surface area contributed by atoms with Gasteiger partial charge in [0.1, 0.15) is 5.92 Å². The average Bonchev–Trinajstić information content (AvgIpc) is 2.84. The fourth-order valence-corrected chi connectivity index (χ4v) is 2.53. The van der Waals surface area contributed by atoms with Crippen molar-refractivity contribution in [2.75, 3.05) is 7.11 Å². The van der Waals surface area contributed by atoms with Crippen LogP contribution in [0.5, 0.6) is 0 Å². The number of esters is 1. The zero-order valence-corrected chi connectivity index (χ0v) is 9.56. The summed E-state index contributed by atoms with van der Waals surface area (Å²) in [7, 11) is 1.45. The maximum atomic E-state index is 11.8. The van der Waals surface area contributed by atoms with Crippen molar-refractivity contribution in [3.05, 3.63) is 30.1 Å². The van der Waals surface area contributed by atoms with E-state index in [2.05, 4.69) is 4.98 Å². The summed E-state index contributed by atoms with van der Waals surface area (Å²) in [6.45, 7) is 0. The first-order chi connectivity index (χ1) is 7.83. The molecule has 0 aliphatic heterocycles. The maximum Gasteiger partial charge on any atom is 0.315 e. The van der Waals surface area contributed by atoms with E-state index in [1.165, 1.54) is 20.0 Å². The van der Waals surface area contributed by atoms with Gasteiger partial charge in [0.15, 0.2) is 0 Å². The van der Waals surface area contributed by atoms with Gasteiger partial charge in [0.2, 0.25) is 0 Å². The van der Waals surface area contributed by atoms with Crippen molar-refractivity contribution >= 4 is 5.97 Å². The molecule has 0 radical (unpaired) electrons. The molecule has 86 valence electrons. The van der Waals surface area contributed by atoms with Crippen molar-refractivity contribution < 1.29 is 9.53 Å². The van der Waals surface area contributed by atoms with Crippen molar-refractivity contribution in [1.29, 1.82) is 0 Å². The molecule has 1 aliphatic carbocycles. The molecule has 0 N–H and O–H groups in total. The first kappa shape index (κ1) is 11.1. The molecule has 2 rings (SSSR count). The molecule has 1 unspecified atom stereocenters. The Morgan fingerprint density at radius 3 is 2.75 bits per heavy atom. The quantitative estimate of drug-likeness (QED) is 0.733. The van der Waals surface area contributed by atoms with Crippen LogP contribution in [-0.2, 0) is 9.53 Å². The van der Waals surface area contributed by atoms with Gasteiger partial charge in [-0.3, -0.25) is 9.78 Å². The summed E-state index contributed by atoms with van der Waals surface area (Å²) in [4.78, 5) is 16.1. The molecule has 1 aromatic rings. The lowest BCUT2D eigenvalue weighted by Crippen LogP contribution is -2.22. The SMILES string of the molecule is COC(=O)C(c1ccccn1)C1CCCC1. The maximum absolute atomic E-state index is 11.8. The second-order valence-electron chi connectivity index (χ2n) is 4.30. The van der Waals surface area contributed by atoms with Gasteiger partial charge in [-0.2, -0.15) is 0 Å². The molecule has 0 saturated heterocycles. The van der Waals surface area contributed by atoms with E-state index in [9.17, 15) is 4.79 Å². The Labute approximate surface area is 95.8 Å². The van der Waals surface area contributed by atoms with Crippen LogP contribution in [0, 0.1) is 5.92 Å². The molecule has 1 fully saturated rings. The normalized spacial score (nSPS) is 18.3. The highest BCUT2D eigenvalue weighted by Crippen LogP contribution is 2.37. The molecule has 1 heterocycles. The molecule has 1 aliphatic rings. The third kappa shape index (κ3) is 2.23. The van der Waals surface area contributed by atoms with Gasteiger partial charge in [0, 0.05) is 6.20 Å². The van der Waals surface area contributed by atoms with E-state index in [1.54, 1.807) is 6.20 Å². The zero-order valence-electron chi connectivity index (χ0n) is 9.56. The van der Waals surface area contributed by atoms with Gasteiger partial charge in [-0.05, 0) is 30.9 Å². The summed E-state index contributed by atoms with van der Waals surface area (Å²) in [6, 6.07) is 5.71. The standard InChI is InChI=1S/C13H17NO2/c1-16-13(15)12(10-6-2-3-7-10)11-8-4-5-9-14-11/h4-5,8-10,12H,2-3,6-7H2,1H3. The minimum absolute atomic E-state index is 0.148. The highest BCUT2D eigenvalue weighted by molar-refractivity contribution is 5.77. The number of hydrogen-bond donors (Lipinski definition) is 0. The second-order valence-corrected chi connectivity index (χ2v) is 4.30. The lowest BCUT2D eigenvalue weighted by Gasteiger charge is -2.20. The minimum Gasteiger partial charge on any atom is -0.468 e.